The van der Waals surface area contributed by atoms with Gasteiger partial charge in [-0.1, -0.05) is 13.0 Å². The van der Waals surface area contributed by atoms with Crippen LogP contribution in [-0.4, -0.2) is 32.8 Å². The highest BCUT2D eigenvalue weighted by Crippen LogP contribution is 2.28. The Kier molecular flexibility index (Phi) is 4.48. The molecule has 1 aromatic rings. The molecule has 100 valence electrons. The van der Waals surface area contributed by atoms with Crippen LogP contribution >= 0.6 is 0 Å². The topological polar surface area (TPSA) is 24.5 Å². The number of nitrogens with zero attached hydrogens (tertiary/aromatic N) is 1. The van der Waals surface area contributed by atoms with Crippen molar-refractivity contribution < 1.29 is 4.74 Å². The summed E-state index contributed by atoms with van der Waals surface area (Å²) in [4.78, 5) is 2.46. The Hall–Kier alpha value is -1.22. The molecule has 1 atom stereocenters. The Balaban J connectivity index is 2.04. The van der Waals surface area contributed by atoms with E-state index in [-0.39, 0.29) is 0 Å². The Morgan fingerprint density at radius 3 is 3.00 bits per heavy atom. The first-order chi connectivity index (χ1) is 8.74. The van der Waals surface area contributed by atoms with Crippen molar-refractivity contribution in [3.63, 3.8) is 0 Å². The standard InChI is InChI=1S/C15H24N2O/c1-4-8-16-13-7-9-17(11-13)15-10-14(18-3)6-5-12(15)2/h5-6,10,13,16H,4,7-9,11H2,1-3H3. The lowest BCUT2D eigenvalue weighted by atomic mass is 10.1. The van der Waals surface area contributed by atoms with E-state index in [1.807, 2.05) is 6.07 Å². The van der Waals surface area contributed by atoms with E-state index in [1.165, 1.54) is 24.1 Å². The molecule has 1 fully saturated rings. The molecule has 3 nitrogen and oxygen atoms in total. The molecule has 0 spiro atoms. The summed E-state index contributed by atoms with van der Waals surface area (Å²) in [7, 11) is 1.73. The number of methoxy groups -OCH3 is 1. The van der Waals surface area contributed by atoms with Gasteiger partial charge >= 0.3 is 0 Å². The Labute approximate surface area is 110 Å². The van der Waals surface area contributed by atoms with Crippen molar-refractivity contribution in [1.82, 2.24) is 5.32 Å². The second-order valence-electron chi connectivity index (χ2n) is 5.04. The second kappa shape index (κ2) is 6.10. The maximum atomic E-state index is 5.32. The second-order valence-corrected chi connectivity index (χ2v) is 5.04. The molecular formula is C15H24N2O. The normalized spacial score (nSPS) is 19.3. The van der Waals surface area contributed by atoms with Gasteiger partial charge in [0.15, 0.2) is 0 Å². The fraction of sp³-hybridized carbons (Fsp3) is 0.600. The highest BCUT2D eigenvalue weighted by atomic mass is 16.5. The van der Waals surface area contributed by atoms with E-state index in [2.05, 4.69) is 36.2 Å². The van der Waals surface area contributed by atoms with Gasteiger partial charge < -0.3 is 15.0 Å². The summed E-state index contributed by atoms with van der Waals surface area (Å²) in [6, 6.07) is 6.95. The number of anilines is 1. The summed E-state index contributed by atoms with van der Waals surface area (Å²) in [5.41, 5.74) is 2.64. The number of hydrogen-bond acceptors (Lipinski definition) is 3. The van der Waals surface area contributed by atoms with Crippen LogP contribution in [0.4, 0.5) is 5.69 Å². The van der Waals surface area contributed by atoms with Gasteiger partial charge in [0.1, 0.15) is 5.75 Å². The molecular weight excluding hydrogens is 224 g/mol. The predicted molar refractivity (Wildman–Crippen MR) is 76.6 cm³/mol. The molecule has 0 saturated carbocycles. The van der Waals surface area contributed by atoms with Crippen LogP contribution in [0.5, 0.6) is 5.75 Å². The summed E-state index contributed by atoms with van der Waals surface area (Å²) in [5, 5.41) is 3.61. The Bertz CT molecular complexity index is 392. The van der Waals surface area contributed by atoms with Crippen LogP contribution in [0.3, 0.4) is 0 Å². The first-order valence-corrected chi connectivity index (χ1v) is 6.87. The van der Waals surface area contributed by atoms with E-state index in [1.54, 1.807) is 7.11 Å². The monoisotopic (exact) mass is 248 g/mol. The predicted octanol–water partition coefficient (Wildman–Crippen LogP) is 2.58. The maximum Gasteiger partial charge on any atom is 0.120 e. The zero-order valence-electron chi connectivity index (χ0n) is 11.7. The fourth-order valence-electron chi connectivity index (χ4n) is 2.55. The third-order valence-electron chi connectivity index (χ3n) is 3.63. The lowest BCUT2D eigenvalue weighted by Crippen LogP contribution is -2.33. The van der Waals surface area contributed by atoms with Gasteiger partial charge in [-0.2, -0.15) is 0 Å². The highest BCUT2D eigenvalue weighted by Gasteiger charge is 2.23. The van der Waals surface area contributed by atoms with Crippen molar-refractivity contribution in [2.75, 3.05) is 31.6 Å². The lowest BCUT2D eigenvalue weighted by molar-refractivity contribution is 0.414. The van der Waals surface area contributed by atoms with Crippen molar-refractivity contribution in [1.29, 1.82) is 0 Å². The summed E-state index contributed by atoms with van der Waals surface area (Å²) in [5.74, 6) is 0.945. The van der Waals surface area contributed by atoms with Gasteiger partial charge in [-0.05, 0) is 37.9 Å². The van der Waals surface area contributed by atoms with Crippen molar-refractivity contribution >= 4 is 5.69 Å². The molecule has 18 heavy (non-hydrogen) atoms. The van der Waals surface area contributed by atoms with E-state index >= 15 is 0 Å². The molecule has 0 radical (unpaired) electrons. The molecule has 1 aliphatic rings. The number of ether oxygens (including phenoxy) is 1. The third-order valence-corrected chi connectivity index (χ3v) is 3.63. The first-order valence-electron chi connectivity index (χ1n) is 6.87. The van der Waals surface area contributed by atoms with Gasteiger partial charge in [-0.15, -0.1) is 0 Å². The molecule has 2 rings (SSSR count). The summed E-state index contributed by atoms with van der Waals surface area (Å²) in [6.07, 6.45) is 2.44. The molecule has 0 aliphatic carbocycles. The number of aryl methyl sites for hydroxylation is 1. The summed E-state index contributed by atoms with van der Waals surface area (Å²) >= 11 is 0. The molecule has 0 aromatic heterocycles. The molecule has 1 heterocycles. The van der Waals surface area contributed by atoms with Crippen LogP contribution in [0.2, 0.25) is 0 Å². The smallest absolute Gasteiger partial charge is 0.120 e. The minimum atomic E-state index is 0.635. The minimum absolute atomic E-state index is 0.635. The quantitative estimate of drug-likeness (QED) is 0.867. The molecule has 3 heteroatoms. The summed E-state index contributed by atoms with van der Waals surface area (Å²) in [6.45, 7) is 7.74. The van der Waals surface area contributed by atoms with Crippen LogP contribution in [0.25, 0.3) is 0 Å². The number of benzene rings is 1. The average Bonchev–Trinajstić information content (AvgIpc) is 2.85. The Morgan fingerprint density at radius 1 is 1.44 bits per heavy atom. The van der Waals surface area contributed by atoms with Crippen molar-refractivity contribution in [3.8, 4) is 5.75 Å². The molecule has 0 bridgehead atoms. The van der Waals surface area contributed by atoms with E-state index in [0.717, 1.165) is 25.4 Å². The maximum absolute atomic E-state index is 5.32. The van der Waals surface area contributed by atoms with Crippen LogP contribution in [0.1, 0.15) is 25.3 Å². The molecule has 0 amide bonds. The van der Waals surface area contributed by atoms with Gasteiger partial charge in [0.05, 0.1) is 7.11 Å². The lowest BCUT2D eigenvalue weighted by Gasteiger charge is -2.22. The zero-order chi connectivity index (χ0) is 13.0. The van der Waals surface area contributed by atoms with Crippen molar-refractivity contribution in [2.24, 2.45) is 0 Å². The minimum Gasteiger partial charge on any atom is -0.497 e. The fourth-order valence-corrected chi connectivity index (χ4v) is 2.55. The SMILES string of the molecule is CCCNC1CCN(c2cc(OC)ccc2C)C1. The summed E-state index contributed by atoms with van der Waals surface area (Å²) < 4.78 is 5.32. The average molecular weight is 248 g/mol. The molecule has 1 saturated heterocycles. The number of nitrogens with one attached hydrogen (secondary N) is 1. The van der Waals surface area contributed by atoms with Crippen molar-refractivity contribution in [2.45, 2.75) is 32.7 Å². The van der Waals surface area contributed by atoms with E-state index in [0.29, 0.717) is 6.04 Å². The third kappa shape index (κ3) is 2.96. The van der Waals surface area contributed by atoms with E-state index < -0.39 is 0 Å². The Morgan fingerprint density at radius 2 is 2.28 bits per heavy atom. The van der Waals surface area contributed by atoms with Crippen LogP contribution in [0, 0.1) is 6.92 Å². The van der Waals surface area contributed by atoms with Gasteiger partial charge in [-0.25, -0.2) is 0 Å². The van der Waals surface area contributed by atoms with E-state index in [9.17, 15) is 0 Å². The van der Waals surface area contributed by atoms with Gasteiger partial charge in [0.25, 0.3) is 0 Å². The van der Waals surface area contributed by atoms with Crippen molar-refractivity contribution in [3.05, 3.63) is 23.8 Å². The van der Waals surface area contributed by atoms with Crippen LogP contribution in [0.15, 0.2) is 18.2 Å². The van der Waals surface area contributed by atoms with Gasteiger partial charge in [0, 0.05) is 30.9 Å². The number of rotatable bonds is 5. The molecule has 1 N–H and O–H groups in total. The molecule has 1 unspecified atom stereocenters. The van der Waals surface area contributed by atoms with Crippen LogP contribution in [-0.2, 0) is 0 Å². The first kappa shape index (κ1) is 13.2. The van der Waals surface area contributed by atoms with Gasteiger partial charge in [0.2, 0.25) is 0 Å². The zero-order valence-corrected chi connectivity index (χ0v) is 11.7. The number of hydrogen-bond donors (Lipinski definition) is 1. The van der Waals surface area contributed by atoms with Gasteiger partial charge in [-0.3, -0.25) is 0 Å². The van der Waals surface area contributed by atoms with E-state index in [4.69, 9.17) is 4.74 Å². The molecule has 1 aliphatic heterocycles. The molecule has 1 aromatic carbocycles. The van der Waals surface area contributed by atoms with Crippen LogP contribution < -0.4 is 15.0 Å². The highest BCUT2D eigenvalue weighted by molar-refractivity contribution is 5.57. The largest absolute Gasteiger partial charge is 0.497 e.